The van der Waals surface area contributed by atoms with Crippen LogP contribution in [0.5, 0.6) is 0 Å². The molecule has 0 bridgehead atoms. The lowest BCUT2D eigenvalue weighted by Crippen LogP contribution is -2.17. The fourth-order valence-electron chi connectivity index (χ4n) is 3.20. The number of ether oxygens (including phenoxy) is 2. The third kappa shape index (κ3) is 7.02. The Balaban J connectivity index is 2.00. The Morgan fingerprint density at radius 2 is 0.950 bits per heavy atom. The maximum atomic E-state index is 13.1. The molecule has 0 spiro atoms. The van der Waals surface area contributed by atoms with Crippen molar-refractivity contribution in [2.75, 3.05) is 24.9 Å². The number of methoxy groups -OCH3 is 2. The van der Waals surface area contributed by atoms with E-state index in [1.54, 1.807) is 12.1 Å². The topological polar surface area (TPSA) is 145 Å². The molecule has 0 atom stereocenters. The molecule has 0 saturated heterocycles. The van der Waals surface area contributed by atoms with Gasteiger partial charge in [-0.2, -0.15) is 0 Å². The number of para-hydroxylation sites is 2. The van der Waals surface area contributed by atoms with Gasteiger partial charge in [-0.1, -0.05) is 35.3 Å². The Bertz CT molecular complexity index is 1560. The van der Waals surface area contributed by atoms with Crippen LogP contribution in [-0.2, 0) is 38.7 Å². The molecule has 0 aromatic heterocycles. The van der Waals surface area contributed by atoms with Crippen LogP contribution in [0.15, 0.2) is 105 Å². The first-order chi connectivity index (χ1) is 18.9. The first kappa shape index (κ1) is 30.7. The highest BCUT2D eigenvalue weighted by molar-refractivity contribution is 7.96. The van der Waals surface area contributed by atoms with Crippen LogP contribution in [0.2, 0.25) is 10.0 Å². The monoisotopic (exact) mass is 624 g/mol. The van der Waals surface area contributed by atoms with Crippen LogP contribution in [0.25, 0.3) is 0 Å². The molecule has 0 radical (unpaired) electrons. The van der Waals surface area contributed by atoms with E-state index in [-0.39, 0.29) is 21.2 Å². The summed E-state index contributed by atoms with van der Waals surface area (Å²) < 4.78 is 61.9. The number of sulfone groups is 2. The molecule has 0 heterocycles. The van der Waals surface area contributed by atoms with E-state index in [0.717, 1.165) is 26.6 Å². The fourth-order valence-corrected chi connectivity index (χ4v) is 5.98. The number of nitrogens with one attached hydrogen (secondary N) is 2. The van der Waals surface area contributed by atoms with Crippen LogP contribution in [0.4, 0.5) is 11.4 Å². The van der Waals surface area contributed by atoms with Crippen molar-refractivity contribution in [3.05, 3.63) is 105 Å². The number of carbonyl (C=O) groups excluding carboxylic acids is 2. The summed E-state index contributed by atoms with van der Waals surface area (Å²) in [5.74, 6) is -2.26. The molecule has 3 aromatic carbocycles. The standard InChI is InChI=1S/C26H22Cl2N2O8S2/c1-37-25(31)23(39(33,34)19-11-7-17(27)8-12-19)15-29-21-5-3-4-6-22(21)30-16-24(26(32)38-2)40(35,36)20-13-9-18(28)10-14-20/h3-16,29-30H,1-2H3. The molecule has 14 heteroatoms. The van der Waals surface area contributed by atoms with E-state index in [1.807, 2.05) is 0 Å². The number of benzene rings is 3. The van der Waals surface area contributed by atoms with Crippen LogP contribution in [0.1, 0.15) is 0 Å². The summed E-state index contributed by atoms with van der Waals surface area (Å²) in [6.45, 7) is 0. The highest BCUT2D eigenvalue weighted by atomic mass is 35.5. The Labute approximate surface area is 241 Å². The van der Waals surface area contributed by atoms with Crippen molar-refractivity contribution in [2.45, 2.75) is 9.79 Å². The van der Waals surface area contributed by atoms with E-state index in [2.05, 4.69) is 20.1 Å². The Morgan fingerprint density at radius 3 is 1.25 bits per heavy atom. The lowest BCUT2D eigenvalue weighted by molar-refractivity contribution is -0.136. The second-order valence-corrected chi connectivity index (χ2v) is 12.5. The minimum absolute atomic E-state index is 0.195. The molecule has 2 N–H and O–H groups in total. The van der Waals surface area contributed by atoms with E-state index >= 15 is 0 Å². The average Bonchev–Trinajstić information content (AvgIpc) is 2.93. The smallest absolute Gasteiger partial charge is 0.351 e. The molecule has 0 aliphatic heterocycles. The van der Waals surface area contributed by atoms with E-state index in [4.69, 9.17) is 23.2 Å². The van der Waals surface area contributed by atoms with Gasteiger partial charge in [-0.3, -0.25) is 0 Å². The molecule has 0 amide bonds. The van der Waals surface area contributed by atoms with Crippen molar-refractivity contribution in [3.63, 3.8) is 0 Å². The predicted molar refractivity (Wildman–Crippen MR) is 151 cm³/mol. The fraction of sp³-hybridized carbons (Fsp3) is 0.0769. The zero-order valence-corrected chi connectivity index (χ0v) is 24.1. The van der Waals surface area contributed by atoms with Gasteiger partial charge in [0.2, 0.25) is 19.7 Å². The summed E-state index contributed by atoms with van der Waals surface area (Å²) in [6.07, 6.45) is 1.87. The van der Waals surface area contributed by atoms with Gasteiger partial charge in [0.15, 0.2) is 9.81 Å². The number of anilines is 2. The van der Waals surface area contributed by atoms with Gasteiger partial charge in [-0.25, -0.2) is 26.4 Å². The molecule has 0 aliphatic carbocycles. The number of carbonyl (C=O) groups is 2. The minimum atomic E-state index is -4.32. The average molecular weight is 626 g/mol. The maximum absolute atomic E-state index is 13.1. The Morgan fingerprint density at radius 1 is 0.625 bits per heavy atom. The molecule has 10 nitrogen and oxygen atoms in total. The second kappa shape index (κ2) is 13.0. The van der Waals surface area contributed by atoms with Crippen molar-refractivity contribution in [1.29, 1.82) is 0 Å². The summed E-state index contributed by atoms with van der Waals surface area (Å²) in [5, 5.41) is 6.05. The zero-order valence-electron chi connectivity index (χ0n) is 20.9. The number of hydrogen-bond acceptors (Lipinski definition) is 10. The van der Waals surface area contributed by atoms with Gasteiger partial charge in [0.05, 0.1) is 35.4 Å². The van der Waals surface area contributed by atoms with E-state index in [9.17, 15) is 26.4 Å². The first-order valence-corrected chi connectivity index (χ1v) is 14.8. The van der Waals surface area contributed by atoms with Crippen LogP contribution in [0.3, 0.4) is 0 Å². The van der Waals surface area contributed by atoms with Crippen LogP contribution >= 0.6 is 23.2 Å². The van der Waals surface area contributed by atoms with Gasteiger partial charge < -0.3 is 20.1 Å². The summed E-state index contributed by atoms with van der Waals surface area (Å²) in [6, 6.07) is 16.6. The zero-order chi connectivity index (χ0) is 29.5. The van der Waals surface area contributed by atoms with Crippen LogP contribution in [0, 0.1) is 0 Å². The van der Waals surface area contributed by atoms with Crippen molar-refractivity contribution in [2.24, 2.45) is 0 Å². The summed E-state index contributed by atoms with van der Waals surface area (Å²) in [4.78, 5) is 23.0. The van der Waals surface area contributed by atoms with Crippen molar-refractivity contribution in [1.82, 2.24) is 0 Å². The van der Waals surface area contributed by atoms with Crippen LogP contribution in [-0.4, -0.2) is 43.0 Å². The maximum Gasteiger partial charge on any atom is 0.351 e. The summed E-state index contributed by atoms with van der Waals surface area (Å²) >= 11 is 11.7. The molecule has 0 aliphatic rings. The lowest BCUT2D eigenvalue weighted by atomic mass is 10.2. The van der Waals surface area contributed by atoms with Gasteiger partial charge in [0.25, 0.3) is 0 Å². The van der Waals surface area contributed by atoms with Crippen molar-refractivity contribution >= 4 is 66.2 Å². The van der Waals surface area contributed by atoms with Gasteiger partial charge in [-0.05, 0) is 60.7 Å². The largest absolute Gasteiger partial charge is 0.465 e. The highest BCUT2D eigenvalue weighted by Gasteiger charge is 2.29. The van der Waals surface area contributed by atoms with E-state index in [0.29, 0.717) is 10.0 Å². The second-order valence-electron chi connectivity index (χ2n) is 7.75. The third-order valence-corrected chi connectivity index (χ3v) is 9.26. The molecule has 0 fully saturated rings. The van der Waals surface area contributed by atoms with Gasteiger partial charge in [0, 0.05) is 22.4 Å². The first-order valence-electron chi connectivity index (χ1n) is 11.1. The molecule has 40 heavy (non-hydrogen) atoms. The van der Waals surface area contributed by atoms with Gasteiger partial charge in [-0.15, -0.1) is 0 Å². The van der Waals surface area contributed by atoms with Gasteiger partial charge >= 0.3 is 11.9 Å². The normalized spacial score (nSPS) is 12.4. The number of hydrogen-bond donors (Lipinski definition) is 2. The minimum Gasteiger partial charge on any atom is -0.465 e. The van der Waals surface area contributed by atoms with Crippen molar-refractivity contribution < 1.29 is 35.9 Å². The molecule has 0 unspecified atom stereocenters. The molecular formula is C26H22Cl2N2O8S2. The number of rotatable bonds is 10. The molecule has 3 rings (SSSR count). The van der Waals surface area contributed by atoms with Crippen LogP contribution < -0.4 is 10.6 Å². The molecule has 0 saturated carbocycles. The highest BCUT2D eigenvalue weighted by Crippen LogP contribution is 2.27. The Kier molecular flexibility index (Phi) is 9.98. The molecule has 210 valence electrons. The lowest BCUT2D eigenvalue weighted by Gasteiger charge is -2.13. The van der Waals surface area contributed by atoms with Crippen molar-refractivity contribution in [3.8, 4) is 0 Å². The quantitative estimate of drug-likeness (QED) is 0.238. The predicted octanol–water partition coefficient (Wildman–Crippen LogP) is 4.79. The summed E-state index contributed by atoms with van der Waals surface area (Å²) in [5.41, 5.74) is 0.444. The number of halogens is 2. The van der Waals surface area contributed by atoms with E-state index in [1.165, 1.54) is 60.7 Å². The van der Waals surface area contributed by atoms with Gasteiger partial charge in [0.1, 0.15) is 0 Å². The third-order valence-electron chi connectivity index (χ3n) is 5.24. The Hall–Kier alpha value is -3.84. The molecular weight excluding hydrogens is 603 g/mol. The number of esters is 2. The molecule has 3 aromatic rings. The SMILES string of the molecule is COC(=O)C(=CNc1ccccc1NC=C(C(=O)OC)S(=O)(=O)c1ccc(Cl)cc1)S(=O)(=O)c1ccc(Cl)cc1. The summed E-state index contributed by atoms with van der Waals surface area (Å²) in [7, 11) is -6.58. The van der Waals surface area contributed by atoms with E-state index < -0.39 is 41.4 Å².